The molecule has 0 bridgehead atoms. The summed E-state index contributed by atoms with van der Waals surface area (Å²) in [4.78, 5) is 4.33. The zero-order chi connectivity index (χ0) is 13.3. The molecule has 0 aliphatic heterocycles. The summed E-state index contributed by atoms with van der Waals surface area (Å²) in [5.41, 5.74) is 3.44. The summed E-state index contributed by atoms with van der Waals surface area (Å²) >= 11 is 6.87. The average Bonchev–Trinajstić information content (AvgIpc) is 2.53. The van der Waals surface area contributed by atoms with Crippen molar-refractivity contribution in [3.63, 3.8) is 0 Å². The van der Waals surface area contributed by atoms with Gasteiger partial charge in [0.15, 0.2) is 0 Å². The van der Waals surface area contributed by atoms with Crippen molar-refractivity contribution in [1.29, 1.82) is 0 Å². The van der Waals surface area contributed by atoms with Crippen LogP contribution < -0.4 is 5.32 Å². The van der Waals surface area contributed by atoms with Gasteiger partial charge in [-0.3, -0.25) is 4.68 Å². The molecule has 18 heavy (non-hydrogen) atoms. The Morgan fingerprint density at radius 1 is 1.33 bits per heavy atom. The fourth-order valence-corrected chi connectivity index (χ4v) is 2.92. The monoisotopic (exact) mass is 372 g/mol. The van der Waals surface area contributed by atoms with Crippen molar-refractivity contribution in [3.05, 3.63) is 38.2 Å². The van der Waals surface area contributed by atoms with Crippen LogP contribution in [0.25, 0.3) is 0 Å². The summed E-state index contributed by atoms with van der Waals surface area (Å²) in [7, 11) is 1.96. The highest BCUT2D eigenvalue weighted by Gasteiger charge is 2.10. The molecule has 0 fully saturated rings. The van der Waals surface area contributed by atoms with Crippen molar-refractivity contribution in [1.82, 2.24) is 14.8 Å². The first-order chi connectivity index (χ1) is 8.49. The molecule has 0 aromatic carbocycles. The molecule has 2 rings (SSSR count). The topological polar surface area (TPSA) is 42.7 Å². The van der Waals surface area contributed by atoms with Gasteiger partial charge in [-0.1, -0.05) is 0 Å². The second kappa shape index (κ2) is 5.40. The third kappa shape index (κ3) is 2.75. The SMILES string of the molecule is Cc1nn(C)c(C)c1CNc1ncc(Br)cc1Br. The van der Waals surface area contributed by atoms with E-state index in [9.17, 15) is 0 Å². The summed E-state index contributed by atoms with van der Waals surface area (Å²) in [6, 6.07) is 1.97. The van der Waals surface area contributed by atoms with Crippen LogP contribution in [0, 0.1) is 13.8 Å². The van der Waals surface area contributed by atoms with E-state index in [4.69, 9.17) is 0 Å². The Morgan fingerprint density at radius 2 is 2.06 bits per heavy atom. The Labute approximate surface area is 123 Å². The van der Waals surface area contributed by atoms with E-state index in [-0.39, 0.29) is 0 Å². The van der Waals surface area contributed by atoms with Gasteiger partial charge in [0.1, 0.15) is 5.82 Å². The van der Waals surface area contributed by atoms with E-state index in [1.54, 1.807) is 6.20 Å². The molecule has 2 heterocycles. The maximum absolute atomic E-state index is 4.40. The molecule has 0 spiro atoms. The van der Waals surface area contributed by atoms with E-state index >= 15 is 0 Å². The Bertz CT molecular complexity index is 578. The Hall–Kier alpha value is -0.880. The molecule has 1 N–H and O–H groups in total. The van der Waals surface area contributed by atoms with Gasteiger partial charge >= 0.3 is 0 Å². The van der Waals surface area contributed by atoms with Crippen molar-refractivity contribution >= 4 is 37.7 Å². The molecule has 2 aromatic rings. The molecule has 4 nitrogen and oxygen atoms in total. The van der Waals surface area contributed by atoms with Gasteiger partial charge in [0.25, 0.3) is 0 Å². The number of hydrogen-bond acceptors (Lipinski definition) is 3. The summed E-state index contributed by atoms with van der Waals surface area (Å²) in [6.45, 7) is 4.81. The summed E-state index contributed by atoms with van der Waals surface area (Å²) < 4.78 is 3.79. The van der Waals surface area contributed by atoms with Gasteiger partial charge in [0.2, 0.25) is 0 Å². The number of aryl methyl sites for hydroxylation is 2. The van der Waals surface area contributed by atoms with E-state index in [2.05, 4.69) is 54.2 Å². The van der Waals surface area contributed by atoms with Crippen molar-refractivity contribution in [2.75, 3.05) is 5.32 Å². The molecule has 0 amide bonds. The highest BCUT2D eigenvalue weighted by atomic mass is 79.9. The van der Waals surface area contributed by atoms with Crippen LogP contribution >= 0.6 is 31.9 Å². The standard InChI is InChI=1S/C12H14Br2N4/c1-7-10(8(2)18(3)17-7)6-16-12-11(14)4-9(13)5-15-12/h4-5H,6H2,1-3H3,(H,15,16). The molecule has 6 heteroatoms. The molecular weight excluding hydrogens is 360 g/mol. The highest BCUT2D eigenvalue weighted by molar-refractivity contribution is 9.11. The Balaban J connectivity index is 2.16. The third-order valence-corrected chi connectivity index (χ3v) is 3.94. The molecule has 0 saturated heterocycles. The number of halogens is 2. The quantitative estimate of drug-likeness (QED) is 0.894. The molecule has 0 saturated carbocycles. The third-order valence-electron chi connectivity index (χ3n) is 2.90. The fourth-order valence-electron chi connectivity index (χ4n) is 1.79. The molecule has 0 aliphatic carbocycles. The summed E-state index contributed by atoms with van der Waals surface area (Å²) in [5, 5.41) is 7.72. The zero-order valence-electron chi connectivity index (χ0n) is 10.5. The molecule has 0 radical (unpaired) electrons. The molecule has 2 aromatic heterocycles. The lowest BCUT2D eigenvalue weighted by Crippen LogP contribution is -2.04. The molecule has 96 valence electrons. The lowest BCUT2D eigenvalue weighted by Gasteiger charge is -2.08. The van der Waals surface area contributed by atoms with Crippen LogP contribution in [0.4, 0.5) is 5.82 Å². The van der Waals surface area contributed by atoms with Crippen LogP contribution in [-0.2, 0) is 13.6 Å². The Morgan fingerprint density at radius 3 is 2.61 bits per heavy atom. The van der Waals surface area contributed by atoms with Crippen molar-refractivity contribution < 1.29 is 0 Å². The molecule has 0 atom stereocenters. The lowest BCUT2D eigenvalue weighted by atomic mass is 10.2. The van der Waals surface area contributed by atoms with Crippen molar-refractivity contribution in [2.45, 2.75) is 20.4 Å². The van der Waals surface area contributed by atoms with Crippen LogP contribution in [0.1, 0.15) is 17.0 Å². The van der Waals surface area contributed by atoms with Crippen LogP contribution in [0.15, 0.2) is 21.2 Å². The fraction of sp³-hybridized carbons (Fsp3) is 0.333. The van der Waals surface area contributed by atoms with Gasteiger partial charge in [-0.25, -0.2) is 4.98 Å². The number of nitrogens with zero attached hydrogens (tertiary/aromatic N) is 3. The first-order valence-electron chi connectivity index (χ1n) is 5.53. The smallest absolute Gasteiger partial charge is 0.140 e. The van der Waals surface area contributed by atoms with E-state index in [0.29, 0.717) is 0 Å². The van der Waals surface area contributed by atoms with Gasteiger partial charge in [-0.05, 0) is 51.8 Å². The average molecular weight is 374 g/mol. The highest BCUT2D eigenvalue weighted by Crippen LogP contribution is 2.24. The first kappa shape index (κ1) is 13.5. The second-order valence-corrected chi connectivity index (χ2v) is 5.88. The number of pyridine rings is 1. The number of anilines is 1. The predicted molar refractivity (Wildman–Crippen MR) is 79.6 cm³/mol. The van der Waals surface area contributed by atoms with Gasteiger partial charge in [-0.2, -0.15) is 5.10 Å². The maximum atomic E-state index is 4.40. The molecule has 0 unspecified atom stereocenters. The van der Waals surface area contributed by atoms with Crippen molar-refractivity contribution in [2.24, 2.45) is 7.05 Å². The maximum Gasteiger partial charge on any atom is 0.140 e. The number of rotatable bonds is 3. The van der Waals surface area contributed by atoms with Crippen LogP contribution in [-0.4, -0.2) is 14.8 Å². The zero-order valence-corrected chi connectivity index (χ0v) is 13.6. The lowest BCUT2D eigenvalue weighted by molar-refractivity contribution is 0.730. The first-order valence-corrected chi connectivity index (χ1v) is 7.11. The second-order valence-electron chi connectivity index (χ2n) is 4.11. The van der Waals surface area contributed by atoms with Gasteiger partial charge in [-0.15, -0.1) is 0 Å². The number of aromatic nitrogens is 3. The van der Waals surface area contributed by atoms with Gasteiger partial charge < -0.3 is 5.32 Å². The summed E-state index contributed by atoms with van der Waals surface area (Å²) in [5.74, 6) is 0.834. The van der Waals surface area contributed by atoms with E-state index in [1.807, 2.05) is 24.7 Å². The van der Waals surface area contributed by atoms with E-state index in [1.165, 1.54) is 11.3 Å². The minimum atomic E-state index is 0.721. The van der Waals surface area contributed by atoms with Crippen LogP contribution in [0.3, 0.4) is 0 Å². The minimum Gasteiger partial charge on any atom is -0.365 e. The van der Waals surface area contributed by atoms with Gasteiger partial charge in [0.05, 0.1) is 10.2 Å². The molecule has 0 aliphatic rings. The van der Waals surface area contributed by atoms with Crippen LogP contribution in [0.5, 0.6) is 0 Å². The van der Waals surface area contributed by atoms with E-state index < -0.39 is 0 Å². The normalized spacial score (nSPS) is 10.7. The minimum absolute atomic E-state index is 0.721. The number of nitrogens with one attached hydrogen (secondary N) is 1. The predicted octanol–water partition coefficient (Wildman–Crippen LogP) is 3.57. The summed E-state index contributed by atoms with van der Waals surface area (Å²) in [6.07, 6.45) is 1.77. The largest absolute Gasteiger partial charge is 0.365 e. The van der Waals surface area contributed by atoms with Gasteiger partial charge in [0, 0.05) is 35.5 Å². The van der Waals surface area contributed by atoms with Crippen molar-refractivity contribution in [3.8, 4) is 0 Å². The number of hydrogen-bond donors (Lipinski definition) is 1. The molecular formula is C12H14Br2N4. The Kier molecular flexibility index (Phi) is 4.07. The van der Waals surface area contributed by atoms with Crippen LogP contribution in [0.2, 0.25) is 0 Å². The van der Waals surface area contributed by atoms with E-state index in [0.717, 1.165) is 27.0 Å².